The number of thioether (sulfide) groups is 1. The highest BCUT2D eigenvalue weighted by molar-refractivity contribution is 7.98. The fourth-order valence-electron chi connectivity index (χ4n) is 1.96. The van der Waals surface area contributed by atoms with Gasteiger partial charge in [-0.3, -0.25) is 4.79 Å². The Hall–Kier alpha value is -1.90. The molecule has 0 unspecified atom stereocenters. The minimum atomic E-state index is -3.91. The van der Waals surface area contributed by atoms with Crippen LogP contribution in [0.3, 0.4) is 0 Å². The second-order valence-corrected chi connectivity index (χ2v) is 7.55. The molecule has 0 spiro atoms. The molecule has 0 aromatic heterocycles. The second-order valence-electron chi connectivity index (χ2n) is 4.99. The summed E-state index contributed by atoms with van der Waals surface area (Å²) >= 11 is 1.47. The number of rotatable bonds is 6. The number of benzene rings is 2. The highest BCUT2D eigenvalue weighted by Gasteiger charge is 2.22. The van der Waals surface area contributed by atoms with Crippen LogP contribution in [-0.2, 0) is 14.8 Å². The maximum atomic E-state index is 12.9. The second kappa shape index (κ2) is 7.78. The van der Waals surface area contributed by atoms with E-state index in [1.165, 1.54) is 18.7 Å². The fraction of sp³-hybridized carbons (Fsp3) is 0.188. The van der Waals surface area contributed by atoms with Crippen molar-refractivity contribution < 1.29 is 17.6 Å². The minimum absolute atomic E-state index is 0.104. The van der Waals surface area contributed by atoms with Crippen molar-refractivity contribution in [2.75, 3.05) is 11.6 Å². The Morgan fingerprint density at radius 1 is 1.12 bits per heavy atom. The summed E-state index contributed by atoms with van der Waals surface area (Å²) < 4.78 is 39.6. The van der Waals surface area contributed by atoms with Crippen LogP contribution < -0.4 is 10.0 Å². The first-order chi connectivity index (χ1) is 11.3. The maximum absolute atomic E-state index is 12.9. The van der Waals surface area contributed by atoms with E-state index in [2.05, 4.69) is 10.0 Å². The zero-order chi connectivity index (χ0) is 17.7. The molecule has 0 bridgehead atoms. The molecule has 0 fully saturated rings. The summed E-state index contributed by atoms with van der Waals surface area (Å²) in [6.45, 7) is 1.44. The molecule has 2 aromatic carbocycles. The van der Waals surface area contributed by atoms with E-state index in [-0.39, 0.29) is 4.90 Å². The lowest BCUT2D eigenvalue weighted by atomic mass is 10.3. The molecule has 0 heterocycles. The first-order valence-electron chi connectivity index (χ1n) is 7.05. The average Bonchev–Trinajstić information content (AvgIpc) is 2.55. The molecule has 2 rings (SSSR count). The zero-order valence-corrected chi connectivity index (χ0v) is 14.7. The molecule has 5 nitrogen and oxygen atoms in total. The molecule has 2 N–H and O–H groups in total. The highest BCUT2D eigenvalue weighted by atomic mass is 32.2. The molecule has 0 aliphatic rings. The Bertz CT molecular complexity index is 823. The molecule has 0 aliphatic heterocycles. The van der Waals surface area contributed by atoms with Gasteiger partial charge in [0.05, 0.1) is 16.6 Å². The van der Waals surface area contributed by atoms with E-state index in [4.69, 9.17) is 0 Å². The van der Waals surface area contributed by atoms with Gasteiger partial charge in [0.1, 0.15) is 5.82 Å². The van der Waals surface area contributed by atoms with E-state index in [9.17, 15) is 17.6 Å². The lowest BCUT2D eigenvalue weighted by Gasteiger charge is -2.15. The predicted octanol–water partition coefficient (Wildman–Crippen LogP) is 2.85. The van der Waals surface area contributed by atoms with Crippen LogP contribution in [0.15, 0.2) is 58.3 Å². The van der Waals surface area contributed by atoms with Gasteiger partial charge in [0.2, 0.25) is 15.9 Å². The summed E-state index contributed by atoms with van der Waals surface area (Å²) in [6.07, 6.45) is 1.88. The summed E-state index contributed by atoms with van der Waals surface area (Å²) in [6, 6.07) is 10.6. The van der Waals surface area contributed by atoms with Gasteiger partial charge >= 0.3 is 0 Å². The van der Waals surface area contributed by atoms with E-state index in [1.807, 2.05) is 18.4 Å². The quantitative estimate of drug-likeness (QED) is 0.769. The van der Waals surface area contributed by atoms with Crippen molar-refractivity contribution >= 4 is 33.4 Å². The van der Waals surface area contributed by atoms with Crippen molar-refractivity contribution in [2.45, 2.75) is 22.8 Å². The molecule has 1 atom stereocenters. The number of halogens is 1. The normalized spacial score (nSPS) is 12.6. The molecule has 2 aromatic rings. The van der Waals surface area contributed by atoms with Gasteiger partial charge in [-0.25, -0.2) is 12.8 Å². The van der Waals surface area contributed by atoms with E-state index in [0.717, 1.165) is 29.2 Å². The Morgan fingerprint density at radius 3 is 2.38 bits per heavy atom. The van der Waals surface area contributed by atoms with Crippen molar-refractivity contribution in [3.05, 3.63) is 54.3 Å². The van der Waals surface area contributed by atoms with Crippen LogP contribution >= 0.6 is 11.8 Å². The Labute approximate surface area is 144 Å². The summed E-state index contributed by atoms with van der Waals surface area (Å²) in [5.74, 6) is -1.02. The molecule has 0 aliphatic carbocycles. The van der Waals surface area contributed by atoms with Crippen LogP contribution in [-0.4, -0.2) is 26.6 Å². The van der Waals surface area contributed by atoms with Crippen LogP contribution in [0.25, 0.3) is 0 Å². The molecule has 128 valence electrons. The summed E-state index contributed by atoms with van der Waals surface area (Å²) in [5, 5.41) is 2.70. The van der Waals surface area contributed by atoms with Gasteiger partial charge in [-0.2, -0.15) is 4.72 Å². The molecule has 0 radical (unpaired) electrons. The van der Waals surface area contributed by atoms with Crippen LogP contribution in [0.2, 0.25) is 0 Å². The van der Waals surface area contributed by atoms with Crippen molar-refractivity contribution in [1.29, 1.82) is 0 Å². The van der Waals surface area contributed by atoms with Crippen LogP contribution in [0.1, 0.15) is 6.92 Å². The number of hydrogen-bond donors (Lipinski definition) is 2. The monoisotopic (exact) mass is 368 g/mol. The van der Waals surface area contributed by atoms with Gasteiger partial charge in [0.25, 0.3) is 0 Å². The lowest BCUT2D eigenvalue weighted by molar-refractivity contribution is -0.117. The lowest BCUT2D eigenvalue weighted by Crippen LogP contribution is -2.41. The third-order valence-corrected chi connectivity index (χ3v) is 5.57. The molecule has 0 saturated heterocycles. The molecular weight excluding hydrogens is 351 g/mol. The van der Waals surface area contributed by atoms with Crippen molar-refractivity contribution in [1.82, 2.24) is 4.72 Å². The number of sulfonamides is 1. The predicted molar refractivity (Wildman–Crippen MR) is 93.0 cm³/mol. The van der Waals surface area contributed by atoms with Gasteiger partial charge in [0, 0.05) is 4.90 Å². The standard InChI is InChI=1S/C16H17FN2O3S2/c1-11(16(20)18-14-5-3-4-6-15(14)23-2)19-24(21,22)13-9-7-12(17)8-10-13/h3-11,19H,1-2H3,(H,18,20)/t11-/m0/s1. The number of anilines is 1. The van der Waals surface area contributed by atoms with E-state index >= 15 is 0 Å². The number of hydrogen-bond acceptors (Lipinski definition) is 4. The topological polar surface area (TPSA) is 75.3 Å². The Kier molecular flexibility index (Phi) is 5.98. The highest BCUT2D eigenvalue weighted by Crippen LogP contribution is 2.24. The SMILES string of the molecule is CSc1ccccc1NC(=O)[C@H](C)NS(=O)(=O)c1ccc(F)cc1. The number of nitrogens with one attached hydrogen (secondary N) is 2. The third-order valence-electron chi connectivity index (χ3n) is 3.21. The number of para-hydroxylation sites is 1. The van der Waals surface area contributed by atoms with Gasteiger partial charge in [-0.15, -0.1) is 11.8 Å². The molecular formula is C16H17FN2O3S2. The smallest absolute Gasteiger partial charge is 0.242 e. The molecule has 1 amide bonds. The number of carbonyl (C=O) groups excluding carboxylic acids is 1. The van der Waals surface area contributed by atoms with Crippen LogP contribution in [0.4, 0.5) is 10.1 Å². The Morgan fingerprint density at radius 2 is 1.75 bits per heavy atom. The van der Waals surface area contributed by atoms with Crippen LogP contribution in [0.5, 0.6) is 0 Å². The number of carbonyl (C=O) groups is 1. The molecule has 8 heteroatoms. The van der Waals surface area contributed by atoms with Gasteiger partial charge < -0.3 is 5.32 Å². The van der Waals surface area contributed by atoms with Crippen molar-refractivity contribution in [2.24, 2.45) is 0 Å². The van der Waals surface area contributed by atoms with Gasteiger partial charge in [-0.05, 0) is 49.6 Å². The van der Waals surface area contributed by atoms with E-state index in [1.54, 1.807) is 12.1 Å². The summed E-state index contributed by atoms with van der Waals surface area (Å²) in [4.78, 5) is 13.0. The largest absolute Gasteiger partial charge is 0.324 e. The van der Waals surface area contributed by atoms with Crippen molar-refractivity contribution in [3.8, 4) is 0 Å². The summed E-state index contributed by atoms with van der Waals surface area (Å²) in [5.41, 5.74) is 0.614. The fourth-order valence-corrected chi connectivity index (χ4v) is 3.71. The third kappa shape index (κ3) is 4.56. The zero-order valence-electron chi connectivity index (χ0n) is 13.1. The van der Waals surface area contributed by atoms with E-state index in [0.29, 0.717) is 5.69 Å². The maximum Gasteiger partial charge on any atom is 0.242 e. The minimum Gasteiger partial charge on any atom is -0.324 e. The molecule has 24 heavy (non-hydrogen) atoms. The molecule has 0 saturated carbocycles. The van der Waals surface area contributed by atoms with E-state index < -0.39 is 27.8 Å². The first-order valence-corrected chi connectivity index (χ1v) is 9.76. The van der Waals surface area contributed by atoms with Crippen molar-refractivity contribution in [3.63, 3.8) is 0 Å². The first kappa shape index (κ1) is 18.4. The van der Waals surface area contributed by atoms with Gasteiger partial charge in [-0.1, -0.05) is 12.1 Å². The Balaban J connectivity index is 2.09. The van der Waals surface area contributed by atoms with Gasteiger partial charge in [0.15, 0.2) is 0 Å². The average molecular weight is 368 g/mol. The summed E-state index contributed by atoms with van der Waals surface area (Å²) in [7, 11) is -3.91. The number of amides is 1. The van der Waals surface area contributed by atoms with Crippen LogP contribution in [0, 0.1) is 5.82 Å².